The summed E-state index contributed by atoms with van der Waals surface area (Å²) in [6.45, 7) is 8.80. The number of hydrogen-bond donors (Lipinski definition) is 1. The number of carbonyl (C=O) groups is 1. The summed E-state index contributed by atoms with van der Waals surface area (Å²) in [5.74, 6) is -0.988. The van der Waals surface area contributed by atoms with Crippen LogP contribution in [0.4, 0.5) is 0 Å². The zero-order chi connectivity index (χ0) is 23.5. The van der Waals surface area contributed by atoms with Crippen molar-refractivity contribution in [3.63, 3.8) is 0 Å². The number of fused-ring (bicyclic) bond motifs is 2. The van der Waals surface area contributed by atoms with Gasteiger partial charge in [-0.15, -0.1) is 0 Å². The van der Waals surface area contributed by atoms with Gasteiger partial charge in [-0.3, -0.25) is 4.48 Å². The highest BCUT2D eigenvalue weighted by molar-refractivity contribution is 6.02. The first-order valence-corrected chi connectivity index (χ1v) is 10.9. The molecule has 3 aromatic rings. The fraction of sp³-hybridized carbons (Fsp3) is 0.333. The molecule has 0 aliphatic carbocycles. The van der Waals surface area contributed by atoms with Gasteiger partial charge in [-0.25, -0.2) is 4.79 Å². The van der Waals surface area contributed by atoms with Gasteiger partial charge >= 0.3 is 11.9 Å². The Morgan fingerprint density at radius 3 is 1.84 bits per heavy atom. The average molecular weight is 435 g/mol. The van der Waals surface area contributed by atoms with Gasteiger partial charge in [0.15, 0.2) is 0 Å². The number of ether oxygens (including phenoxy) is 2. The van der Waals surface area contributed by atoms with Crippen LogP contribution in [0.2, 0.25) is 0 Å². The summed E-state index contributed by atoms with van der Waals surface area (Å²) in [6.07, 6.45) is 0. The van der Waals surface area contributed by atoms with Gasteiger partial charge < -0.3 is 14.6 Å². The van der Waals surface area contributed by atoms with E-state index in [-0.39, 0.29) is 22.3 Å². The van der Waals surface area contributed by atoms with E-state index in [4.69, 9.17) is 9.47 Å². The van der Waals surface area contributed by atoms with E-state index < -0.39 is 11.9 Å². The van der Waals surface area contributed by atoms with Crippen molar-refractivity contribution in [1.82, 2.24) is 0 Å². The van der Waals surface area contributed by atoms with E-state index >= 15 is 0 Å². The fourth-order valence-corrected chi connectivity index (χ4v) is 4.67. The van der Waals surface area contributed by atoms with Gasteiger partial charge in [-0.2, -0.15) is 0 Å². The van der Waals surface area contributed by atoms with Gasteiger partial charge in [0.1, 0.15) is 6.54 Å². The average Bonchev–Trinajstić information content (AvgIpc) is 2.79. The number of nitrogens with zero attached hydrogens (tertiary/aromatic N) is 1. The molecule has 0 spiro atoms. The highest BCUT2D eigenvalue weighted by Crippen LogP contribution is 2.37. The Labute approximate surface area is 189 Å². The molecule has 0 bridgehead atoms. The van der Waals surface area contributed by atoms with E-state index in [1.54, 1.807) is 0 Å². The minimum atomic E-state index is -0.541. The van der Waals surface area contributed by atoms with E-state index in [0.717, 1.165) is 27.1 Å². The summed E-state index contributed by atoms with van der Waals surface area (Å²) in [4.78, 5) is 13.0. The number of aliphatic hydroxyl groups is 1. The standard InChI is InChI=1S/C27H31NO4/c1-18(2)28(19(3)4,25(27(30)32-6)16-26(29)31-5)17-24-22-13-9-7-11-20(22)15-21-12-8-10-14-23(21)24/h7-15,18-19H,17H2,1-6H3/p+1. The maximum atomic E-state index is 13.0. The number of rotatable bonds is 7. The molecule has 5 heteroatoms. The largest absolute Gasteiger partial charge is 0.475 e. The minimum Gasteiger partial charge on any atom is -0.475 e. The lowest BCUT2D eigenvalue weighted by molar-refractivity contribution is -0.941. The normalized spacial score (nSPS) is 11.6. The third-order valence-corrected chi connectivity index (χ3v) is 6.36. The molecule has 0 atom stereocenters. The van der Waals surface area contributed by atoms with Crippen LogP contribution in [0.5, 0.6) is 0 Å². The number of carbonyl (C=O) groups excluding carboxylic acids is 1. The Kier molecular flexibility index (Phi) is 6.93. The van der Waals surface area contributed by atoms with Crippen LogP contribution < -0.4 is 0 Å². The molecule has 0 aliphatic rings. The second-order valence-electron chi connectivity index (χ2n) is 8.55. The quantitative estimate of drug-likeness (QED) is 0.127. The molecular formula is C27H32NO4+. The number of methoxy groups -OCH3 is 2. The number of esters is 1. The lowest BCUT2D eigenvalue weighted by Gasteiger charge is -2.45. The van der Waals surface area contributed by atoms with Crippen molar-refractivity contribution in [3.8, 4) is 0 Å². The van der Waals surface area contributed by atoms with E-state index in [0.29, 0.717) is 6.54 Å². The molecule has 0 saturated carbocycles. The molecule has 0 fully saturated rings. The first kappa shape index (κ1) is 23.4. The number of quaternary nitrogens is 1. The predicted octanol–water partition coefficient (Wildman–Crippen LogP) is 5.83. The van der Waals surface area contributed by atoms with E-state index in [1.165, 1.54) is 14.2 Å². The number of hydrogen-bond acceptors (Lipinski definition) is 4. The second kappa shape index (κ2) is 9.47. The van der Waals surface area contributed by atoms with Crippen molar-refractivity contribution >= 4 is 27.5 Å². The minimum absolute atomic E-state index is 0.0148. The molecule has 0 saturated heterocycles. The molecule has 168 valence electrons. The van der Waals surface area contributed by atoms with Gasteiger partial charge in [0.2, 0.25) is 0 Å². The summed E-state index contributed by atoms with van der Waals surface area (Å²) in [7, 11) is 2.69. The smallest absolute Gasteiger partial charge is 0.401 e. The van der Waals surface area contributed by atoms with Crippen LogP contribution in [0, 0.1) is 0 Å². The zero-order valence-electron chi connectivity index (χ0n) is 19.7. The van der Waals surface area contributed by atoms with Crippen molar-refractivity contribution in [2.75, 3.05) is 14.2 Å². The number of aliphatic hydroxyl groups excluding tert-OH is 1. The van der Waals surface area contributed by atoms with Crippen molar-refractivity contribution in [1.29, 1.82) is 0 Å². The first-order valence-electron chi connectivity index (χ1n) is 10.9. The summed E-state index contributed by atoms with van der Waals surface area (Å²) in [5.41, 5.74) is 4.17. The lowest BCUT2D eigenvalue weighted by Crippen LogP contribution is -2.57. The lowest BCUT2D eigenvalue weighted by atomic mass is 9.94. The van der Waals surface area contributed by atoms with Gasteiger partial charge in [0, 0.05) is 11.3 Å². The molecule has 0 amide bonds. The molecule has 0 aromatic heterocycles. The number of benzene rings is 3. The van der Waals surface area contributed by atoms with Gasteiger partial charge in [0.25, 0.3) is 5.70 Å². The third-order valence-electron chi connectivity index (χ3n) is 6.36. The maximum absolute atomic E-state index is 13.0. The molecular weight excluding hydrogens is 402 g/mol. The second-order valence-corrected chi connectivity index (χ2v) is 8.55. The molecule has 5 nitrogen and oxygen atoms in total. The van der Waals surface area contributed by atoms with Gasteiger partial charge in [-0.05, 0) is 55.3 Å². The Bertz CT molecular complexity index is 1140. The fourth-order valence-electron chi connectivity index (χ4n) is 4.67. The highest BCUT2D eigenvalue weighted by atomic mass is 16.6. The van der Waals surface area contributed by atoms with E-state index in [9.17, 15) is 9.90 Å². The zero-order valence-corrected chi connectivity index (χ0v) is 19.7. The van der Waals surface area contributed by atoms with Crippen LogP contribution in [0.25, 0.3) is 21.5 Å². The van der Waals surface area contributed by atoms with Gasteiger partial charge in [0.05, 0.1) is 26.3 Å². The van der Waals surface area contributed by atoms with E-state index in [1.807, 2.05) is 24.3 Å². The molecule has 0 radical (unpaired) electrons. The van der Waals surface area contributed by atoms with Crippen molar-refractivity contribution in [3.05, 3.63) is 77.5 Å². The van der Waals surface area contributed by atoms with Crippen molar-refractivity contribution in [2.24, 2.45) is 0 Å². The third kappa shape index (κ3) is 4.10. The van der Waals surface area contributed by atoms with Crippen LogP contribution in [-0.4, -0.2) is 41.9 Å². The van der Waals surface area contributed by atoms with Gasteiger partial charge in [-0.1, -0.05) is 48.5 Å². The molecule has 0 unspecified atom stereocenters. The molecule has 1 N–H and O–H groups in total. The van der Waals surface area contributed by atoms with Crippen molar-refractivity contribution in [2.45, 2.75) is 46.3 Å². The van der Waals surface area contributed by atoms with Crippen LogP contribution in [-0.2, 0) is 20.8 Å². The molecule has 3 aromatic carbocycles. The summed E-state index contributed by atoms with van der Waals surface area (Å²) in [6, 6.07) is 18.8. The summed E-state index contributed by atoms with van der Waals surface area (Å²) < 4.78 is 10.3. The molecule has 0 heterocycles. The molecule has 32 heavy (non-hydrogen) atoms. The van der Waals surface area contributed by atoms with Crippen LogP contribution in [0.3, 0.4) is 0 Å². The predicted molar refractivity (Wildman–Crippen MR) is 128 cm³/mol. The Morgan fingerprint density at radius 2 is 1.41 bits per heavy atom. The van der Waals surface area contributed by atoms with Crippen LogP contribution >= 0.6 is 0 Å². The Morgan fingerprint density at radius 1 is 0.906 bits per heavy atom. The monoisotopic (exact) mass is 434 g/mol. The molecule has 3 rings (SSSR count). The first-order chi connectivity index (χ1) is 15.3. The Hall–Kier alpha value is -3.27. The highest BCUT2D eigenvalue weighted by Gasteiger charge is 2.45. The van der Waals surface area contributed by atoms with Crippen LogP contribution in [0.15, 0.2) is 72.0 Å². The SMILES string of the molecule is COC(=O)C(=C=C(O)OC)[N+](Cc1c2ccccc2cc2ccccc12)(C(C)C)C(C)C. The summed E-state index contributed by atoms with van der Waals surface area (Å²) >= 11 is 0. The Balaban J connectivity index is 2.42. The summed E-state index contributed by atoms with van der Waals surface area (Å²) in [5, 5.41) is 14.7. The molecule has 0 aliphatic heterocycles. The van der Waals surface area contributed by atoms with Crippen LogP contribution in [0.1, 0.15) is 33.3 Å². The van der Waals surface area contributed by atoms with E-state index in [2.05, 4.69) is 63.8 Å². The maximum Gasteiger partial charge on any atom is 0.401 e. The topological polar surface area (TPSA) is 55.8 Å². The van der Waals surface area contributed by atoms with Crippen molar-refractivity contribution < 1.29 is 23.9 Å².